The summed E-state index contributed by atoms with van der Waals surface area (Å²) in [6, 6.07) is -0.752. The molecule has 0 aliphatic carbocycles. The standard InChI is InChI=1S/C29H30I6N6O11/c1-9(42)49-7-13(51-11(3)44)5-38-27(46)15-17(30)23(36)21(34)25(19(15)32)40-29(48)41-26-20(33)16(18(31)24(37)22(26)35)28(47)39-6-14(52-12(4)45)8-50-10(2)43/h13-14H,5-8,36-37H2,1-4H3,(H,38,46)(H,39,47)(H2,40,41,48). The number of nitrogen functional groups attached to an aromatic ring is 2. The van der Waals surface area contributed by atoms with Gasteiger partial charge in [-0.2, -0.15) is 0 Å². The van der Waals surface area contributed by atoms with E-state index in [-0.39, 0.29) is 60.2 Å². The number of carbonyl (C=O) groups is 7. The molecule has 0 spiro atoms. The van der Waals surface area contributed by atoms with Crippen molar-refractivity contribution in [1.82, 2.24) is 10.6 Å². The molecule has 2 atom stereocenters. The van der Waals surface area contributed by atoms with E-state index in [2.05, 4.69) is 21.3 Å². The molecule has 0 saturated heterocycles. The Morgan fingerprint density at radius 1 is 0.538 bits per heavy atom. The Labute approximate surface area is 379 Å². The molecule has 0 radical (unpaired) electrons. The normalized spacial score (nSPS) is 11.7. The number of benzene rings is 2. The van der Waals surface area contributed by atoms with Gasteiger partial charge in [-0.05, 0) is 136 Å². The Balaban J connectivity index is 2.39. The minimum absolute atomic E-state index is 0.130. The molecule has 0 bridgehead atoms. The number of ether oxygens (including phenoxy) is 4. The molecule has 0 saturated carbocycles. The van der Waals surface area contributed by atoms with Gasteiger partial charge in [0.05, 0.1) is 68.4 Å². The van der Waals surface area contributed by atoms with Crippen LogP contribution in [0.1, 0.15) is 48.4 Å². The van der Waals surface area contributed by atoms with Gasteiger partial charge in [0.15, 0.2) is 12.2 Å². The number of carbonyl (C=O) groups excluding carboxylic acids is 7. The van der Waals surface area contributed by atoms with Crippen molar-refractivity contribution in [2.75, 3.05) is 48.4 Å². The molecule has 4 amide bonds. The smallest absolute Gasteiger partial charge is 0.323 e. The lowest BCUT2D eigenvalue weighted by Gasteiger charge is -2.21. The van der Waals surface area contributed by atoms with Crippen LogP contribution >= 0.6 is 136 Å². The van der Waals surface area contributed by atoms with Gasteiger partial charge in [0.2, 0.25) is 0 Å². The van der Waals surface area contributed by atoms with E-state index in [0.717, 1.165) is 0 Å². The minimum Gasteiger partial charge on any atom is -0.462 e. The SMILES string of the molecule is CC(=O)OCC(CNC(=O)c1c(I)c(N)c(I)c(NC(=O)Nc2c(I)c(N)c(I)c(C(=O)NCC(COC(C)=O)OC(C)=O)c2I)c1I)OC(C)=O. The van der Waals surface area contributed by atoms with E-state index in [1.54, 1.807) is 0 Å². The van der Waals surface area contributed by atoms with E-state index < -0.39 is 53.9 Å². The molecule has 52 heavy (non-hydrogen) atoms. The summed E-state index contributed by atoms with van der Waals surface area (Å²) in [4.78, 5) is 86.0. The van der Waals surface area contributed by atoms with Crippen LogP contribution in [0.4, 0.5) is 27.5 Å². The number of nitrogens with one attached hydrogen (secondary N) is 4. The van der Waals surface area contributed by atoms with Crippen molar-refractivity contribution in [3.63, 3.8) is 0 Å². The highest BCUT2D eigenvalue weighted by Crippen LogP contribution is 2.39. The molecule has 0 aromatic heterocycles. The van der Waals surface area contributed by atoms with Crippen LogP contribution in [0.3, 0.4) is 0 Å². The van der Waals surface area contributed by atoms with Crippen LogP contribution in [-0.4, -0.2) is 80.2 Å². The van der Waals surface area contributed by atoms with Crippen LogP contribution in [0, 0.1) is 21.4 Å². The fourth-order valence-corrected chi connectivity index (χ4v) is 11.8. The maximum Gasteiger partial charge on any atom is 0.323 e. The molecule has 23 heteroatoms. The lowest BCUT2D eigenvalue weighted by atomic mass is 10.1. The first-order valence-electron chi connectivity index (χ1n) is 14.3. The Bertz CT molecular complexity index is 1670. The average molecular weight is 1400 g/mol. The first-order chi connectivity index (χ1) is 24.2. The number of anilines is 4. The van der Waals surface area contributed by atoms with E-state index in [0.29, 0.717) is 21.4 Å². The molecule has 2 aromatic carbocycles. The summed E-state index contributed by atoms with van der Waals surface area (Å²) in [5.41, 5.74) is 13.8. The Kier molecular flexibility index (Phi) is 19.3. The zero-order valence-corrected chi connectivity index (χ0v) is 40.3. The van der Waals surface area contributed by atoms with Crippen molar-refractivity contribution in [2.45, 2.75) is 39.9 Å². The molecule has 2 aromatic rings. The predicted octanol–water partition coefficient (Wildman–Crippen LogP) is 4.57. The van der Waals surface area contributed by atoms with Gasteiger partial charge in [-0.3, -0.25) is 28.8 Å². The maximum absolute atomic E-state index is 13.5. The first-order valence-corrected chi connectivity index (χ1v) is 20.8. The Morgan fingerprint density at radius 2 is 0.865 bits per heavy atom. The summed E-state index contributed by atoms with van der Waals surface area (Å²) in [6.07, 6.45) is -1.92. The van der Waals surface area contributed by atoms with Crippen molar-refractivity contribution in [2.24, 2.45) is 0 Å². The summed E-state index contributed by atoms with van der Waals surface area (Å²) < 4.78 is 22.5. The number of hydrogen-bond donors (Lipinski definition) is 6. The van der Waals surface area contributed by atoms with Gasteiger partial charge in [-0.1, -0.05) is 0 Å². The van der Waals surface area contributed by atoms with E-state index in [1.807, 2.05) is 136 Å². The Morgan fingerprint density at radius 3 is 1.15 bits per heavy atom. The van der Waals surface area contributed by atoms with Gasteiger partial charge in [0, 0.05) is 27.7 Å². The van der Waals surface area contributed by atoms with Gasteiger partial charge in [-0.25, -0.2) is 4.79 Å². The zero-order chi connectivity index (χ0) is 39.6. The van der Waals surface area contributed by atoms with E-state index in [9.17, 15) is 33.6 Å². The van der Waals surface area contributed by atoms with Crippen LogP contribution in [-0.2, 0) is 38.1 Å². The van der Waals surface area contributed by atoms with Crippen molar-refractivity contribution in [3.05, 3.63) is 32.5 Å². The lowest BCUT2D eigenvalue weighted by molar-refractivity contribution is -0.155. The average Bonchev–Trinajstić information content (AvgIpc) is 3.05. The molecule has 284 valence electrons. The summed E-state index contributed by atoms with van der Waals surface area (Å²) in [6.45, 7) is 3.81. The van der Waals surface area contributed by atoms with Crippen molar-refractivity contribution in [3.8, 4) is 0 Å². The third kappa shape index (κ3) is 13.4. The third-order valence-electron chi connectivity index (χ3n) is 6.22. The number of rotatable bonds is 14. The third-order valence-corrected chi connectivity index (χ3v) is 12.9. The first kappa shape index (κ1) is 46.7. The van der Waals surface area contributed by atoms with E-state index in [4.69, 9.17) is 30.4 Å². The molecule has 8 N–H and O–H groups in total. The van der Waals surface area contributed by atoms with Gasteiger partial charge < -0.3 is 51.7 Å². The highest BCUT2D eigenvalue weighted by atomic mass is 127. The fraction of sp³-hybridized carbons (Fsp3) is 0.345. The van der Waals surface area contributed by atoms with Crippen LogP contribution < -0.4 is 32.7 Å². The molecular formula is C29H30I6N6O11. The minimum atomic E-state index is -0.959. The largest absolute Gasteiger partial charge is 0.462 e. The Hall–Kier alpha value is -1.49. The number of urea groups is 1. The molecule has 0 fully saturated rings. The topological polar surface area (TPSA) is 257 Å². The highest BCUT2D eigenvalue weighted by molar-refractivity contribution is 14.1. The van der Waals surface area contributed by atoms with Crippen LogP contribution in [0.15, 0.2) is 0 Å². The molecule has 0 heterocycles. The molecule has 17 nitrogen and oxygen atoms in total. The van der Waals surface area contributed by atoms with Crippen LogP contribution in [0.25, 0.3) is 0 Å². The highest BCUT2D eigenvalue weighted by Gasteiger charge is 2.28. The second-order valence-electron chi connectivity index (χ2n) is 10.3. The number of amides is 4. The second kappa shape index (κ2) is 21.6. The summed E-state index contributed by atoms with van der Waals surface area (Å²) in [5, 5.41) is 10.8. The number of nitrogens with two attached hydrogens (primary N) is 2. The van der Waals surface area contributed by atoms with E-state index in [1.165, 1.54) is 27.7 Å². The van der Waals surface area contributed by atoms with Gasteiger partial charge in [-0.15, -0.1) is 0 Å². The van der Waals surface area contributed by atoms with Gasteiger partial charge in [0.1, 0.15) is 13.2 Å². The molecule has 2 rings (SSSR count). The number of halogens is 6. The number of esters is 4. The van der Waals surface area contributed by atoms with E-state index >= 15 is 0 Å². The van der Waals surface area contributed by atoms with Crippen LogP contribution in [0.2, 0.25) is 0 Å². The van der Waals surface area contributed by atoms with Crippen LogP contribution in [0.5, 0.6) is 0 Å². The monoisotopic (exact) mass is 1400 g/mol. The quantitative estimate of drug-likeness (QED) is 0.0657. The summed E-state index contributed by atoms with van der Waals surface area (Å²) in [7, 11) is 0. The van der Waals surface area contributed by atoms with Crippen molar-refractivity contribution in [1.29, 1.82) is 0 Å². The lowest BCUT2D eigenvalue weighted by Crippen LogP contribution is -2.38. The molecule has 2 unspecified atom stereocenters. The van der Waals surface area contributed by atoms with Crippen molar-refractivity contribution < 1.29 is 52.5 Å². The fourth-order valence-electron chi connectivity index (χ4n) is 3.99. The summed E-state index contributed by atoms with van der Waals surface area (Å²) >= 11 is 11.5. The molecule has 0 aliphatic heterocycles. The van der Waals surface area contributed by atoms with Gasteiger partial charge in [0.25, 0.3) is 11.8 Å². The van der Waals surface area contributed by atoms with Gasteiger partial charge >= 0.3 is 29.9 Å². The van der Waals surface area contributed by atoms with Crippen molar-refractivity contribution >= 4 is 200 Å². The molecule has 0 aliphatic rings. The maximum atomic E-state index is 13.5. The summed E-state index contributed by atoms with van der Waals surface area (Å²) in [5.74, 6) is -3.66. The number of hydrogen-bond acceptors (Lipinski definition) is 13. The zero-order valence-electron chi connectivity index (χ0n) is 27.4. The predicted molar refractivity (Wildman–Crippen MR) is 240 cm³/mol. The molecular weight excluding hydrogens is 1370 g/mol. The second-order valence-corrected chi connectivity index (χ2v) is 16.8.